The minimum atomic E-state index is 0.294. The Morgan fingerprint density at radius 2 is 1.89 bits per heavy atom. The lowest BCUT2D eigenvalue weighted by molar-refractivity contribution is 0.867. The zero-order chi connectivity index (χ0) is 14.0. The molecular weight excluding hydrogens is 236 g/mol. The molecule has 4 nitrogen and oxygen atoms in total. The molecule has 0 fully saturated rings. The quantitative estimate of drug-likeness (QED) is 0.881. The van der Waals surface area contributed by atoms with Crippen molar-refractivity contribution in [1.82, 2.24) is 9.97 Å². The Bertz CT molecular complexity index is 570. The lowest BCUT2D eigenvalue weighted by Crippen LogP contribution is -2.04. The fourth-order valence-corrected chi connectivity index (χ4v) is 2.13. The van der Waals surface area contributed by atoms with Crippen LogP contribution in [0.15, 0.2) is 24.3 Å². The molecule has 0 saturated heterocycles. The van der Waals surface area contributed by atoms with Crippen molar-refractivity contribution in [2.75, 3.05) is 11.1 Å². The van der Waals surface area contributed by atoms with Gasteiger partial charge in [-0.2, -0.15) is 4.98 Å². The summed E-state index contributed by atoms with van der Waals surface area (Å²) in [5, 5.41) is 3.37. The number of nitrogen functional groups attached to an aromatic ring is 1. The zero-order valence-electron chi connectivity index (χ0n) is 11.9. The van der Waals surface area contributed by atoms with Gasteiger partial charge in [-0.25, -0.2) is 4.98 Å². The average molecular weight is 256 g/mol. The maximum Gasteiger partial charge on any atom is 0.222 e. The molecule has 3 N–H and O–H groups in total. The number of nitrogens with zero attached hydrogens (tertiary/aromatic N) is 2. The van der Waals surface area contributed by atoms with Crippen molar-refractivity contribution < 1.29 is 0 Å². The first-order valence-corrected chi connectivity index (χ1v) is 6.45. The molecule has 0 spiro atoms. The van der Waals surface area contributed by atoms with E-state index >= 15 is 0 Å². The van der Waals surface area contributed by atoms with Gasteiger partial charge in [-0.3, -0.25) is 0 Å². The van der Waals surface area contributed by atoms with Crippen LogP contribution in [-0.2, 0) is 0 Å². The van der Waals surface area contributed by atoms with E-state index in [-0.39, 0.29) is 0 Å². The molecule has 0 aliphatic heterocycles. The van der Waals surface area contributed by atoms with Gasteiger partial charge >= 0.3 is 0 Å². The van der Waals surface area contributed by atoms with Crippen LogP contribution in [0.2, 0.25) is 0 Å². The topological polar surface area (TPSA) is 63.8 Å². The Morgan fingerprint density at radius 3 is 2.53 bits per heavy atom. The van der Waals surface area contributed by atoms with Crippen molar-refractivity contribution >= 4 is 17.5 Å². The minimum absolute atomic E-state index is 0.294. The molecule has 2 rings (SSSR count). The van der Waals surface area contributed by atoms with Gasteiger partial charge in [0.15, 0.2) is 0 Å². The summed E-state index contributed by atoms with van der Waals surface area (Å²) in [4.78, 5) is 8.31. The highest BCUT2D eigenvalue weighted by molar-refractivity contribution is 5.66. The third kappa shape index (κ3) is 3.02. The second-order valence-electron chi connectivity index (χ2n) is 5.07. The molecule has 0 radical (unpaired) electrons. The summed E-state index contributed by atoms with van der Waals surface area (Å²) in [7, 11) is 0. The molecular formula is C15H20N4. The van der Waals surface area contributed by atoms with E-state index in [9.17, 15) is 0 Å². The van der Waals surface area contributed by atoms with Gasteiger partial charge in [-0.1, -0.05) is 32.0 Å². The second-order valence-corrected chi connectivity index (χ2v) is 5.07. The average Bonchev–Trinajstić information content (AvgIpc) is 2.30. The van der Waals surface area contributed by atoms with Crippen LogP contribution in [0.1, 0.15) is 36.6 Å². The lowest BCUT2D eigenvalue weighted by atomic mass is 9.98. The summed E-state index contributed by atoms with van der Waals surface area (Å²) in [6, 6.07) is 8.20. The van der Waals surface area contributed by atoms with E-state index in [1.54, 1.807) is 0 Å². The first-order chi connectivity index (χ1) is 8.97. The summed E-state index contributed by atoms with van der Waals surface area (Å²) < 4.78 is 0. The first-order valence-electron chi connectivity index (χ1n) is 6.45. The highest BCUT2D eigenvalue weighted by Gasteiger charge is 2.10. The van der Waals surface area contributed by atoms with Gasteiger partial charge in [0.2, 0.25) is 5.95 Å². The summed E-state index contributed by atoms with van der Waals surface area (Å²) in [6.45, 7) is 8.36. The molecule has 0 saturated carbocycles. The van der Waals surface area contributed by atoms with Crippen LogP contribution in [0.3, 0.4) is 0 Å². The number of nitrogens with two attached hydrogens (primary N) is 1. The molecule has 0 aliphatic carbocycles. The summed E-state index contributed by atoms with van der Waals surface area (Å²) in [6.07, 6.45) is 0. The van der Waals surface area contributed by atoms with Gasteiger partial charge in [0, 0.05) is 17.4 Å². The van der Waals surface area contributed by atoms with Crippen LogP contribution < -0.4 is 11.1 Å². The Labute approximate surface area is 114 Å². The minimum Gasteiger partial charge on any atom is -0.368 e. The predicted molar refractivity (Wildman–Crippen MR) is 79.7 cm³/mol. The normalized spacial score (nSPS) is 10.8. The van der Waals surface area contributed by atoms with Crippen LogP contribution >= 0.6 is 0 Å². The predicted octanol–water partition coefficient (Wildman–Crippen LogP) is 3.54. The standard InChI is InChI=1S/C15H20N4/c1-9(2)12-7-5-6-10(3)14(12)18-13-8-11(4)17-15(16)19-13/h5-9H,1-4H3,(H3,16,17,18,19). The number of para-hydroxylation sites is 1. The molecule has 0 aliphatic rings. The molecule has 19 heavy (non-hydrogen) atoms. The molecule has 4 heteroatoms. The number of hydrogen-bond donors (Lipinski definition) is 2. The fourth-order valence-electron chi connectivity index (χ4n) is 2.13. The largest absolute Gasteiger partial charge is 0.368 e. The van der Waals surface area contributed by atoms with Gasteiger partial charge < -0.3 is 11.1 Å². The summed E-state index contributed by atoms with van der Waals surface area (Å²) >= 11 is 0. The van der Waals surface area contributed by atoms with Crippen LogP contribution in [0, 0.1) is 13.8 Å². The van der Waals surface area contributed by atoms with Crippen LogP contribution in [0.25, 0.3) is 0 Å². The van der Waals surface area contributed by atoms with E-state index in [2.05, 4.69) is 54.3 Å². The molecule has 0 atom stereocenters. The van der Waals surface area contributed by atoms with Crippen LogP contribution in [0.4, 0.5) is 17.5 Å². The van der Waals surface area contributed by atoms with Gasteiger partial charge in [-0.05, 0) is 30.9 Å². The van der Waals surface area contributed by atoms with Crippen molar-refractivity contribution in [1.29, 1.82) is 0 Å². The Kier molecular flexibility index (Phi) is 3.69. The number of aryl methyl sites for hydroxylation is 2. The van der Waals surface area contributed by atoms with Crippen LogP contribution in [-0.4, -0.2) is 9.97 Å². The van der Waals surface area contributed by atoms with Crippen molar-refractivity contribution in [3.05, 3.63) is 41.1 Å². The summed E-state index contributed by atoms with van der Waals surface area (Å²) in [5.41, 5.74) is 10.1. The molecule has 0 unspecified atom stereocenters. The van der Waals surface area contributed by atoms with Crippen molar-refractivity contribution in [2.24, 2.45) is 0 Å². The second kappa shape index (κ2) is 5.26. The van der Waals surface area contributed by atoms with Crippen molar-refractivity contribution in [3.8, 4) is 0 Å². The van der Waals surface area contributed by atoms with E-state index in [4.69, 9.17) is 5.73 Å². The molecule has 1 heterocycles. The monoisotopic (exact) mass is 256 g/mol. The van der Waals surface area contributed by atoms with Gasteiger partial charge in [0.05, 0.1) is 0 Å². The number of hydrogen-bond acceptors (Lipinski definition) is 4. The van der Waals surface area contributed by atoms with Gasteiger partial charge in [0.1, 0.15) is 5.82 Å². The van der Waals surface area contributed by atoms with E-state index in [0.29, 0.717) is 11.9 Å². The molecule has 100 valence electrons. The fraction of sp³-hybridized carbons (Fsp3) is 0.333. The van der Waals surface area contributed by atoms with E-state index in [1.807, 2.05) is 13.0 Å². The SMILES string of the molecule is Cc1cc(Nc2c(C)cccc2C(C)C)nc(N)n1. The molecule has 0 bridgehead atoms. The number of nitrogens with one attached hydrogen (secondary N) is 1. The number of aromatic nitrogens is 2. The van der Waals surface area contributed by atoms with Crippen LogP contribution in [0.5, 0.6) is 0 Å². The smallest absolute Gasteiger partial charge is 0.222 e. The van der Waals surface area contributed by atoms with Crippen molar-refractivity contribution in [2.45, 2.75) is 33.6 Å². The molecule has 1 aromatic heterocycles. The highest BCUT2D eigenvalue weighted by Crippen LogP contribution is 2.29. The third-order valence-corrected chi connectivity index (χ3v) is 3.05. The first kappa shape index (κ1) is 13.3. The number of benzene rings is 1. The zero-order valence-corrected chi connectivity index (χ0v) is 11.9. The molecule has 2 aromatic rings. The van der Waals surface area contributed by atoms with E-state index in [0.717, 1.165) is 17.2 Å². The number of rotatable bonds is 3. The number of anilines is 3. The highest BCUT2D eigenvalue weighted by atomic mass is 15.1. The maximum atomic E-state index is 5.69. The van der Waals surface area contributed by atoms with E-state index < -0.39 is 0 Å². The van der Waals surface area contributed by atoms with E-state index in [1.165, 1.54) is 11.1 Å². The Hall–Kier alpha value is -2.10. The molecule has 0 amide bonds. The van der Waals surface area contributed by atoms with Crippen molar-refractivity contribution in [3.63, 3.8) is 0 Å². The maximum absolute atomic E-state index is 5.69. The summed E-state index contributed by atoms with van der Waals surface area (Å²) in [5.74, 6) is 1.48. The Balaban J connectivity index is 2.42. The third-order valence-electron chi connectivity index (χ3n) is 3.05. The Morgan fingerprint density at radius 1 is 1.16 bits per heavy atom. The van der Waals surface area contributed by atoms with Gasteiger partial charge in [-0.15, -0.1) is 0 Å². The molecule has 1 aromatic carbocycles. The van der Waals surface area contributed by atoms with Gasteiger partial charge in [0.25, 0.3) is 0 Å². The lowest BCUT2D eigenvalue weighted by Gasteiger charge is -2.17.